The molecule has 0 aliphatic heterocycles. The van der Waals surface area contributed by atoms with E-state index in [4.69, 9.17) is 10.1 Å². The van der Waals surface area contributed by atoms with Crippen LogP contribution in [0.2, 0.25) is 0 Å². The first-order valence-corrected chi connectivity index (χ1v) is 10.9. The van der Waals surface area contributed by atoms with Gasteiger partial charge in [-0.15, -0.1) is 11.3 Å². The van der Waals surface area contributed by atoms with E-state index in [0.29, 0.717) is 5.56 Å². The summed E-state index contributed by atoms with van der Waals surface area (Å²) < 4.78 is 5.24. The summed E-state index contributed by atoms with van der Waals surface area (Å²) in [5.74, 6) is 0.650. The third kappa shape index (κ3) is 6.52. The van der Waals surface area contributed by atoms with Crippen LogP contribution in [-0.2, 0) is 12.8 Å². The summed E-state index contributed by atoms with van der Waals surface area (Å²) in [6, 6.07) is 13.3. The minimum absolute atomic E-state index is 0.112. The van der Waals surface area contributed by atoms with Crippen LogP contribution in [0, 0.1) is 5.41 Å². The van der Waals surface area contributed by atoms with Gasteiger partial charge >= 0.3 is 0 Å². The minimum atomic E-state index is -0.112. The van der Waals surface area contributed by atoms with Gasteiger partial charge in [0.2, 0.25) is 0 Å². The Labute approximate surface area is 183 Å². The summed E-state index contributed by atoms with van der Waals surface area (Å²) >= 11 is 1.67. The van der Waals surface area contributed by atoms with Gasteiger partial charge in [0, 0.05) is 22.2 Å². The van der Waals surface area contributed by atoms with Crippen molar-refractivity contribution < 1.29 is 9.53 Å². The highest BCUT2D eigenvalue weighted by Crippen LogP contribution is 2.24. The molecule has 0 saturated carbocycles. The number of aromatic nitrogens is 1. The second-order valence-corrected chi connectivity index (χ2v) is 6.83. The van der Waals surface area contributed by atoms with Crippen molar-refractivity contribution in [1.29, 1.82) is 5.41 Å². The Morgan fingerprint density at radius 3 is 2.30 bits per heavy atom. The van der Waals surface area contributed by atoms with Crippen LogP contribution in [0.4, 0.5) is 5.69 Å². The number of hydrogen-bond donors (Lipinski definition) is 2. The summed E-state index contributed by atoms with van der Waals surface area (Å²) in [7, 11) is 1.63. The Hall–Kier alpha value is -2.99. The summed E-state index contributed by atoms with van der Waals surface area (Å²) in [6.07, 6.45) is 1.71. The molecule has 0 unspecified atom stereocenters. The maximum absolute atomic E-state index is 12.6. The minimum Gasteiger partial charge on any atom is -0.497 e. The van der Waals surface area contributed by atoms with Crippen molar-refractivity contribution >= 4 is 29.6 Å². The van der Waals surface area contributed by atoms with Crippen LogP contribution in [0.5, 0.6) is 5.75 Å². The van der Waals surface area contributed by atoms with Gasteiger partial charge in [-0.05, 0) is 55.5 Å². The van der Waals surface area contributed by atoms with Crippen LogP contribution in [0.25, 0.3) is 11.3 Å². The first kappa shape index (κ1) is 25.0. The second kappa shape index (κ2) is 13.3. The lowest BCUT2D eigenvalue weighted by atomic mass is 10.0. The molecule has 3 rings (SSSR count). The summed E-state index contributed by atoms with van der Waals surface area (Å²) in [5, 5.41) is 11.7. The number of thiazole rings is 1. The highest BCUT2D eigenvalue weighted by Gasteiger charge is 2.12. The van der Waals surface area contributed by atoms with Gasteiger partial charge in [0.05, 0.1) is 17.8 Å². The van der Waals surface area contributed by atoms with Gasteiger partial charge in [0.25, 0.3) is 5.91 Å². The summed E-state index contributed by atoms with van der Waals surface area (Å²) in [6.45, 7) is 10.6. The number of benzene rings is 2. The van der Waals surface area contributed by atoms with E-state index in [1.165, 1.54) is 0 Å². The first-order chi connectivity index (χ1) is 14.6. The third-order valence-corrected chi connectivity index (χ3v) is 5.22. The zero-order chi connectivity index (χ0) is 22.5. The smallest absolute Gasteiger partial charge is 0.255 e. The Balaban J connectivity index is 0.00000106. The number of hydrogen-bond acceptors (Lipinski definition) is 5. The lowest BCUT2D eigenvalue weighted by molar-refractivity contribution is 0.102. The lowest BCUT2D eigenvalue weighted by Crippen LogP contribution is -2.14. The maximum Gasteiger partial charge on any atom is 0.255 e. The number of nitrogens with zero attached hydrogens (tertiary/aromatic N) is 1. The molecule has 2 N–H and O–H groups in total. The van der Waals surface area contributed by atoms with Crippen LogP contribution in [0.1, 0.15) is 48.6 Å². The second-order valence-electron chi connectivity index (χ2n) is 5.89. The van der Waals surface area contributed by atoms with Crippen LogP contribution < -0.4 is 10.1 Å². The number of carbonyl (C=O) groups is 1. The van der Waals surface area contributed by atoms with Gasteiger partial charge in [0.1, 0.15) is 5.75 Å². The molecule has 0 spiro atoms. The number of ether oxygens (including phenoxy) is 1. The molecule has 2 aromatic carbocycles. The molecule has 30 heavy (non-hydrogen) atoms. The SMILES string of the molecule is C=N.CC.CCc1nc(-c2ccc(NC(=O)c3ccc(OC)cc3CC)cc2)cs1. The van der Waals surface area contributed by atoms with Crippen LogP contribution in [0.15, 0.2) is 47.8 Å². The van der Waals surface area contributed by atoms with Gasteiger partial charge in [-0.1, -0.05) is 39.8 Å². The Kier molecular flexibility index (Phi) is 11.1. The molecule has 1 heterocycles. The molecule has 0 aliphatic carbocycles. The zero-order valence-electron chi connectivity index (χ0n) is 18.4. The standard InChI is InChI=1S/C21H22N2O2S.C2H6.CH3N/c1-4-14-12-17(25-3)10-11-18(14)21(24)22-16-8-6-15(7-9-16)19-13-26-20(5-2)23-19;2*1-2/h6-13H,4-5H2,1-3H3,(H,22,24);1-2H3;2H,1H2. The Morgan fingerprint density at radius 1 is 1.10 bits per heavy atom. The molecule has 0 atom stereocenters. The summed E-state index contributed by atoms with van der Waals surface area (Å²) in [5.41, 5.74) is 4.44. The maximum atomic E-state index is 12.6. The molecule has 1 amide bonds. The van der Waals surface area contributed by atoms with E-state index in [1.807, 2.05) is 63.2 Å². The predicted octanol–water partition coefficient (Wildman–Crippen LogP) is 6.49. The van der Waals surface area contributed by atoms with E-state index in [-0.39, 0.29) is 5.91 Å². The van der Waals surface area contributed by atoms with Crippen LogP contribution >= 0.6 is 11.3 Å². The summed E-state index contributed by atoms with van der Waals surface area (Å²) in [4.78, 5) is 17.2. The average Bonchev–Trinajstić information content (AvgIpc) is 3.31. The van der Waals surface area contributed by atoms with Crippen molar-refractivity contribution in [2.75, 3.05) is 12.4 Å². The van der Waals surface area contributed by atoms with Gasteiger partial charge in [-0.2, -0.15) is 0 Å². The largest absolute Gasteiger partial charge is 0.497 e. The van der Waals surface area contributed by atoms with E-state index < -0.39 is 0 Å². The van der Waals surface area contributed by atoms with Crippen molar-refractivity contribution in [2.24, 2.45) is 0 Å². The van der Waals surface area contributed by atoms with E-state index in [1.54, 1.807) is 18.4 Å². The molecule has 3 aromatic rings. The molecular formula is C24H31N3O2S. The molecule has 0 bridgehead atoms. The van der Waals surface area contributed by atoms with Crippen LogP contribution in [-0.4, -0.2) is 24.7 Å². The highest BCUT2D eigenvalue weighted by atomic mass is 32.1. The highest BCUT2D eigenvalue weighted by molar-refractivity contribution is 7.09. The van der Waals surface area contributed by atoms with E-state index in [9.17, 15) is 4.79 Å². The number of amides is 1. The number of aryl methyl sites for hydroxylation is 2. The fourth-order valence-corrected chi connectivity index (χ4v) is 3.49. The van der Waals surface area contributed by atoms with Gasteiger partial charge in [0.15, 0.2) is 0 Å². The molecule has 1 aromatic heterocycles. The van der Waals surface area contributed by atoms with Crippen LogP contribution in [0.3, 0.4) is 0 Å². The van der Waals surface area contributed by atoms with Gasteiger partial charge < -0.3 is 15.5 Å². The number of anilines is 1. The topological polar surface area (TPSA) is 75.1 Å². The van der Waals surface area contributed by atoms with Crippen molar-refractivity contribution in [2.45, 2.75) is 40.5 Å². The Bertz CT molecular complexity index is 920. The lowest BCUT2D eigenvalue weighted by Gasteiger charge is -2.11. The number of nitrogens with one attached hydrogen (secondary N) is 2. The molecule has 160 valence electrons. The van der Waals surface area contributed by atoms with E-state index >= 15 is 0 Å². The monoisotopic (exact) mass is 425 g/mol. The third-order valence-electron chi connectivity index (χ3n) is 4.23. The van der Waals surface area contributed by atoms with E-state index in [2.05, 4.69) is 29.3 Å². The zero-order valence-corrected chi connectivity index (χ0v) is 19.2. The Morgan fingerprint density at radius 2 is 1.77 bits per heavy atom. The molecule has 0 saturated heterocycles. The molecule has 0 radical (unpaired) electrons. The molecular weight excluding hydrogens is 394 g/mol. The first-order valence-electron chi connectivity index (χ1n) is 10.0. The fraction of sp³-hybridized carbons (Fsp3) is 0.292. The number of methoxy groups -OCH3 is 1. The normalized spacial score (nSPS) is 9.50. The predicted molar refractivity (Wildman–Crippen MR) is 128 cm³/mol. The molecule has 5 nitrogen and oxygen atoms in total. The molecule has 6 heteroatoms. The number of rotatable bonds is 6. The van der Waals surface area contributed by atoms with Crippen molar-refractivity contribution in [1.82, 2.24) is 4.98 Å². The quantitative estimate of drug-likeness (QED) is 0.443. The van der Waals surface area contributed by atoms with Gasteiger partial charge in [-0.3, -0.25) is 4.79 Å². The fourth-order valence-electron chi connectivity index (χ4n) is 2.74. The van der Waals surface area contributed by atoms with Crippen molar-refractivity contribution in [3.63, 3.8) is 0 Å². The molecule has 0 aliphatic rings. The molecule has 0 fully saturated rings. The van der Waals surface area contributed by atoms with Crippen molar-refractivity contribution in [3.05, 3.63) is 64.0 Å². The average molecular weight is 426 g/mol. The van der Waals surface area contributed by atoms with Crippen molar-refractivity contribution in [3.8, 4) is 17.0 Å². The van der Waals surface area contributed by atoms with Gasteiger partial charge in [-0.25, -0.2) is 4.98 Å². The van der Waals surface area contributed by atoms with E-state index in [0.717, 1.165) is 46.1 Å². The number of carbonyl (C=O) groups excluding carboxylic acids is 1.